The van der Waals surface area contributed by atoms with Crippen LogP contribution in [0.2, 0.25) is 0 Å². The van der Waals surface area contributed by atoms with Gasteiger partial charge in [-0.15, -0.1) is 11.3 Å². The van der Waals surface area contributed by atoms with Gasteiger partial charge in [-0.3, -0.25) is 4.39 Å². The Labute approximate surface area is 126 Å². The maximum Gasteiger partial charge on any atom is 0.124 e. The van der Waals surface area contributed by atoms with Crippen LogP contribution in [0.4, 0.5) is 10.1 Å². The van der Waals surface area contributed by atoms with Gasteiger partial charge in [-0.2, -0.15) is 0 Å². The largest absolute Gasteiger partial charge is 0.493 e. The molecule has 0 fully saturated rings. The van der Waals surface area contributed by atoms with Crippen molar-refractivity contribution in [3.63, 3.8) is 0 Å². The van der Waals surface area contributed by atoms with Gasteiger partial charge in [0.1, 0.15) is 10.8 Å². The lowest BCUT2D eigenvalue weighted by molar-refractivity contribution is 0.290. The molecule has 0 aliphatic rings. The number of nitrogens with two attached hydrogens (primary N) is 1. The van der Waals surface area contributed by atoms with Crippen molar-refractivity contribution in [2.45, 2.75) is 6.42 Å². The van der Waals surface area contributed by atoms with Crippen LogP contribution in [0.3, 0.4) is 0 Å². The average Bonchev–Trinajstić information content (AvgIpc) is 2.91. The molecule has 21 heavy (non-hydrogen) atoms. The predicted molar refractivity (Wildman–Crippen MR) is 85.6 cm³/mol. The molecule has 0 spiro atoms. The molecule has 3 nitrogen and oxygen atoms in total. The maximum atomic E-state index is 12.1. The summed E-state index contributed by atoms with van der Waals surface area (Å²) >= 11 is 1.60. The summed E-state index contributed by atoms with van der Waals surface area (Å²) in [6.07, 6.45) is 0.414. The van der Waals surface area contributed by atoms with Crippen molar-refractivity contribution in [1.82, 2.24) is 4.98 Å². The maximum absolute atomic E-state index is 12.1. The van der Waals surface area contributed by atoms with Gasteiger partial charge >= 0.3 is 0 Å². The first-order valence-corrected chi connectivity index (χ1v) is 7.53. The molecule has 0 bridgehead atoms. The Morgan fingerprint density at radius 2 is 1.95 bits per heavy atom. The summed E-state index contributed by atoms with van der Waals surface area (Å²) < 4.78 is 18.6. The number of halogens is 1. The molecule has 0 radical (unpaired) electrons. The molecule has 108 valence electrons. The second kappa shape index (κ2) is 6.10. The second-order valence-corrected chi connectivity index (χ2v) is 5.69. The van der Waals surface area contributed by atoms with Gasteiger partial charge in [-0.1, -0.05) is 0 Å². The molecule has 1 heterocycles. The van der Waals surface area contributed by atoms with Gasteiger partial charge in [-0.25, -0.2) is 4.98 Å². The summed E-state index contributed by atoms with van der Waals surface area (Å²) in [6.45, 7) is 0.0374. The van der Waals surface area contributed by atoms with E-state index < -0.39 is 0 Å². The van der Waals surface area contributed by atoms with Crippen LogP contribution in [-0.2, 0) is 0 Å². The highest BCUT2D eigenvalue weighted by Crippen LogP contribution is 2.32. The minimum Gasteiger partial charge on any atom is -0.493 e. The third-order valence-electron chi connectivity index (χ3n) is 3.06. The standard InChI is InChI=1S/C16H15FN2OS/c17-8-1-9-20-13-6-7-14-15(10-13)21-16(19-14)11-2-4-12(18)5-3-11/h2-7,10H,1,8-9,18H2. The molecular formula is C16H15FN2OS. The fourth-order valence-electron chi connectivity index (χ4n) is 1.99. The quantitative estimate of drug-likeness (QED) is 0.565. The van der Waals surface area contributed by atoms with Crippen LogP contribution < -0.4 is 10.5 Å². The molecule has 3 aromatic rings. The topological polar surface area (TPSA) is 48.1 Å². The zero-order chi connectivity index (χ0) is 14.7. The first-order valence-electron chi connectivity index (χ1n) is 6.71. The molecule has 0 unspecified atom stereocenters. The lowest BCUT2D eigenvalue weighted by atomic mass is 10.2. The summed E-state index contributed by atoms with van der Waals surface area (Å²) in [5.74, 6) is 0.753. The van der Waals surface area contributed by atoms with Crippen molar-refractivity contribution in [3.05, 3.63) is 42.5 Å². The molecule has 2 aromatic carbocycles. The third-order valence-corrected chi connectivity index (χ3v) is 4.13. The summed E-state index contributed by atoms with van der Waals surface area (Å²) in [4.78, 5) is 4.61. The number of aromatic nitrogens is 1. The fraction of sp³-hybridized carbons (Fsp3) is 0.188. The molecule has 0 atom stereocenters. The number of benzene rings is 2. The van der Waals surface area contributed by atoms with Crippen LogP contribution in [-0.4, -0.2) is 18.3 Å². The fourth-order valence-corrected chi connectivity index (χ4v) is 2.99. The first kappa shape index (κ1) is 13.8. The number of fused-ring (bicyclic) bond motifs is 1. The zero-order valence-electron chi connectivity index (χ0n) is 11.4. The van der Waals surface area contributed by atoms with E-state index >= 15 is 0 Å². The van der Waals surface area contributed by atoms with E-state index in [1.54, 1.807) is 11.3 Å². The highest BCUT2D eigenvalue weighted by atomic mass is 32.1. The Balaban J connectivity index is 1.87. The number of thiazole rings is 1. The highest BCUT2D eigenvalue weighted by Gasteiger charge is 2.07. The zero-order valence-corrected chi connectivity index (χ0v) is 12.2. The van der Waals surface area contributed by atoms with Crippen LogP contribution in [0.1, 0.15) is 6.42 Å². The molecule has 0 saturated carbocycles. The van der Waals surface area contributed by atoms with Crippen molar-refractivity contribution in [1.29, 1.82) is 0 Å². The van der Waals surface area contributed by atoms with E-state index in [9.17, 15) is 4.39 Å². The number of ether oxygens (including phenoxy) is 1. The van der Waals surface area contributed by atoms with Crippen LogP contribution >= 0.6 is 11.3 Å². The third kappa shape index (κ3) is 3.13. The van der Waals surface area contributed by atoms with Crippen LogP contribution in [0, 0.1) is 0 Å². The van der Waals surface area contributed by atoms with Gasteiger partial charge in [0.2, 0.25) is 0 Å². The van der Waals surface area contributed by atoms with Gasteiger partial charge in [0.25, 0.3) is 0 Å². The van der Waals surface area contributed by atoms with E-state index in [1.807, 2.05) is 42.5 Å². The van der Waals surface area contributed by atoms with Crippen LogP contribution in [0.25, 0.3) is 20.8 Å². The van der Waals surface area contributed by atoms with Gasteiger partial charge in [0.05, 0.1) is 23.5 Å². The van der Waals surface area contributed by atoms with Crippen molar-refractivity contribution in [2.24, 2.45) is 0 Å². The monoisotopic (exact) mass is 302 g/mol. The minimum absolute atomic E-state index is 0.357. The van der Waals surface area contributed by atoms with Crippen LogP contribution in [0.5, 0.6) is 5.75 Å². The predicted octanol–water partition coefficient (Wildman–Crippen LogP) is 4.28. The minimum atomic E-state index is -0.357. The Kier molecular flexibility index (Phi) is 4.01. The van der Waals surface area contributed by atoms with Crippen molar-refractivity contribution in [2.75, 3.05) is 19.0 Å². The molecule has 1 aromatic heterocycles. The second-order valence-electron chi connectivity index (χ2n) is 4.66. The Hall–Kier alpha value is -2.14. The number of alkyl halides is 1. The SMILES string of the molecule is Nc1ccc(-c2nc3ccc(OCCCF)cc3s2)cc1. The van der Waals surface area contributed by atoms with Gasteiger partial charge < -0.3 is 10.5 Å². The number of nitrogen functional groups attached to an aromatic ring is 1. The Morgan fingerprint density at radius 3 is 2.71 bits per heavy atom. The van der Waals surface area contributed by atoms with Crippen molar-refractivity contribution >= 4 is 27.2 Å². The molecule has 2 N–H and O–H groups in total. The van der Waals surface area contributed by atoms with Crippen molar-refractivity contribution < 1.29 is 9.13 Å². The molecular weight excluding hydrogens is 287 g/mol. The van der Waals surface area contributed by atoms with E-state index in [4.69, 9.17) is 10.5 Å². The van der Waals surface area contributed by atoms with E-state index in [2.05, 4.69) is 4.98 Å². The molecule has 5 heteroatoms. The van der Waals surface area contributed by atoms with Crippen molar-refractivity contribution in [3.8, 4) is 16.3 Å². The summed E-state index contributed by atoms with van der Waals surface area (Å²) in [6, 6.07) is 13.4. The Morgan fingerprint density at radius 1 is 1.14 bits per heavy atom. The van der Waals surface area contributed by atoms with E-state index in [0.717, 1.165) is 32.2 Å². The number of hydrogen-bond donors (Lipinski definition) is 1. The number of anilines is 1. The molecule has 0 amide bonds. The number of nitrogens with zero attached hydrogens (tertiary/aromatic N) is 1. The smallest absolute Gasteiger partial charge is 0.124 e. The number of hydrogen-bond acceptors (Lipinski definition) is 4. The first-order chi connectivity index (χ1) is 10.3. The molecule has 3 rings (SSSR count). The number of rotatable bonds is 5. The van der Waals surface area contributed by atoms with E-state index in [-0.39, 0.29) is 6.67 Å². The highest BCUT2D eigenvalue weighted by molar-refractivity contribution is 7.21. The van der Waals surface area contributed by atoms with Gasteiger partial charge in [-0.05, 0) is 42.5 Å². The van der Waals surface area contributed by atoms with E-state index in [0.29, 0.717) is 13.0 Å². The average molecular weight is 302 g/mol. The molecule has 0 aliphatic heterocycles. The molecule has 0 aliphatic carbocycles. The Bertz CT molecular complexity index is 740. The summed E-state index contributed by atoms with van der Waals surface area (Å²) in [5.41, 5.74) is 8.42. The summed E-state index contributed by atoms with van der Waals surface area (Å²) in [7, 11) is 0. The molecule has 0 saturated heterocycles. The lowest BCUT2D eigenvalue weighted by Crippen LogP contribution is -1.97. The van der Waals surface area contributed by atoms with Gasteiger partial charge in [0.15, 0.2) is 0 Å². The van der Waals surface area contributed by atoms with Gasteiger partial charge in [0, 0.05) is 17.7 Å². The van der Waals surface area contributed by atoms with E-state index in [1.165, 1.54) is 0 Å². The lowest BCUT2D eigenvalue weighted by Gasteiger charge is -2.03. The summed E-state index contributed by atoms with van der Waals surface area (Å²) in [5, 5.41) is 0.950. The van der Waals surface area contributed by atoms with Crippen LogP contribution in [0.15, 0.2) is 42.5 Å². The normalized spacial score (nSPS) is 10.9.